The van der Waals surface area contributed by atoms with Crippen LogP contribution in [-0.4, -0.2) is 75.4 Å². The quantitative estimate of drug-likeness (QED) is 0.156. The summed E-state index contributed by atoms with van der Waals surface area (Å²) in [7, 11) is 0. The molecule has 0 aliphatic heterocycles. The summed E-state index contributed by atoms with van der Waals surface area (Å²) in [5.74, 6) is -3.44. The summed E-state index contributed by atoms with van der Waals surface area (Å²) in [6.45, 7) is 8.36. The molecule has 1 aromatic rings. The third-order valence-electron chi connectivity index (χ3n) is 5.18. The first kappa shape index (κ1) is 30.6. The van der Waals surface area contributed by atoms with Crippen molar-refractivity contribution in [2.24, 2.45) is 17.6 Å². The lowest BCUT2D eigenvalue weighted by Crippen LogP contribution is -2.55. The van der Waals surface area contributed by atoms with E-state index in [1.165, 1.54) is 13.3 Å². The van der Waals surface area contributed by atoms with Gasteiger partial charge in [0.25, 0.3) is 0 Å². The second-order valence-corrected chi connectivity index (χ2v) is 9.61. The molecule has 0 saturated carbocycles. The van der Waals surface area contributed by atoms with Crippen molar-refractivity contribution in [1.29, 1.82) is 0 Å². The zero-order chi connectivity index (χ0) is 27.4. The van der Waals surface area contributed by atoms with E-state index in [1.54, 1.807) is 6.20 Å². The molecular weight excluding hydrogens is 470 g/mol. The molecule has 202 valence electrons. The lowest BCUT2D eigenvalue weighted by atomic mass is 10.0. The van der Waals surface area contributed by atoms with Crippen molar-refractivity contribution in [1.82, 2.24) is 31.2 Å². The van der Waals surface area contributed by atoms with E-state index >= 15 is 0 Å². The van der Waals surface area contributed by atoms with Crippen molar-refractivity contribution < 1.29 is 29.1 Å². The topological polar surface area (TPSA) is 208 Å². The zero-order valence-corrected chi connectivity index (χ0v) is 21.5. The Kier molecular flexibility index (Phi) is 12.6. The molecule has 4 unspecified atom stereocenters. The molecule has 4 atom stereocenters. The molecule has 1 rings (SSSR count). The Morgan fingerprint density at radius 1 is 0.917 bits per heavy atom. The molecule has 1 aromatic heterocycles. The summed E-state index contributed by atoms with van der Waals surface area (Å²) in [5, 5.41) is 19.0. The number of aliphatic carboxylic acids is 1. The number of aromatic nitrogens is 2. The van der Waals surface area contributed by atoms with Crippen LogP contribution in [0.3, 0.4) is 0 Å². The number of hydrogen-bond donors (Lipinski definition) is 7. The van der Waals surface area contributed by atoms with E-state index in [9.17, 15) is 24.0 Å². The number of aromatic amines is 1. The normalized spacial score (nSPS) is 14.4. The van der Waals surface area contributed by atoms with Crippen LogP contribution < -0.4 is 27.0 Å². The summed E-state index contributed by atoms with van der Waals surface area (Å²) in [6.07, 6.45) is 3.84. The lowest BCUT2D eigenvalue weighted by molar-refractivity contribution is -0.141. The molecule has 13 heteroatoms. The standard InChI is InChI=1S/C23H39N7O6/c1-12(2)6-17(30-20(32)16(24)8-15-9-25-11-27-15)21(33)26-10-19(31)29-18(7-13(3)4)22(34)28-14(5)23(35)36/h9,11-14,16-18H,6-8,10,24H2,1-5H3,(H,25,27)(H,26,33)(H,28,34)(H,29,31)(H,30,32)(H,35,36). The Labute approximate surface area is 210 Å². The highest BCUT2D eigenvalue weighted by Crippen LogP contribution is 2.07. The van der Waals surface area contributed by atoms with Crippen LogP contribution >= 0.6 is 0 Å². The number of nitrogens with two attached hydrogens (primary N) is 1. The average Bonchev–Trinajstić information content (AvgIpc) is 3.28. The highest BCUT2D eigenvalue weighted by atomic mass is 16.4. The average molecular weight is 510 g/mol. The van der Waals surface area contributed by atoms with Gasteiger partial charge in [-0.2, -0.15) is 0 Å². The summed E-state index contributed by atoms with van der Waals surface area (Å²) < 4.78 is 0. The molecule has 0 aliphatic rings. The SMILES string of the molecule is CC(C)CC(NC(=O)CNC(=O)C(CC(C)C)NC(=O)C(N)Cc1cnc[nH]1)C(=O)NC(C)C(=O)O. The molecule has 13 nitrogen and oxygen atoms in total. The second-order valence-electron chi connectivity index (χ2n) is 9.61. The molecule has 0 fully saturated rings. The first-order valence-corrected chi connectivity index (χ1v) is 11.9. The number of amides is 4. The highest BCUT2D eigenvalue weighted by molar-refractivity contribution is 5.94. The smallest absolute Gasteiger partial charge is 0.325 e. The van der Waals surface area contributed by atoms with Crippen LogP contribution in [0.1, 0.15) is 53.2 Å². The van der Waals surface area contributed by atoms with Gasteiger partial charge >= 0.3 is 5.97 Å². The number of carbonyl (C=O) groups excluding carboxylic acids is 4. The maximum absolute atomic E-state index is 12.8. The van der Waals surface area contributed by atoms with Crippen LogP contribution in [0.5, 0.6) is 0 Å². The minimum Gasteiger partial charge on any atom is -0.480 e. The summed E-state index contributed by atoms with van der Waals surface area (Å²) in [6, 6.07) is -3.91. The number of nitrogens with one attached hydrogen (secondary N) is 5. The highest BCUT2D eigenvalue weighted by Gasteiger charge is 2.27. The molecule has 36 heavy (non-hydrogen) atoms. The van der Waals surface area contributed by atoms with Gasteiger partial charge in [0.2, 0.25) is 23.6 Å². The maximum atomic E-state index is 12.8. The summed E-state index contributed by atoms with van der Waals surface area (Å²) >= 11 is 0. The number of H-pyrrole nitrogens is 1. The second kappa shape index (κ2) is 14.8. The summed E-state index contributed by atoms with van der Waals surface area (Å²) in [4.78, 5) is 68.0. The van der Waals surface area contributed by atoms with Crippen LogP contribution in [-0.2, 0) is 30.4 Å². The van der Waals surface area contributed by atoms with Crippen LogP contribution in [0.4, 0.5) is 0 Å². The van der Waals surface area contributed by atoms with E-state index in [4.69, 9.17) is 10.8 Å². The van der Waals surface area contributed by atoms with E-state index in [0.29, 0.717) is 12.1 Å². The predicted octanol–water partition coefficient (Wildman–Crippen LogP) is -0.953. The number of rotatable bonds is 15. The molecule has 0 aromatic carbocycles. The fourth-order valence-corrected chi connectivity index (χ4v) is 3.32. The van der Waals surface area contributed by atoms with Gasteiger partial charge in [0.05, 0.1) is 18.9 Å². The predicted molar refractivity (Wildman–Crippen MR) is 131 cm³/mol. The number of carbonyl (C=O) groups is 5. The molecule has 0 saturated heterocycles. The molecule has 1 heterocycles. The van der Waals surface area contributed by atoms with Crippen molar-refractivity contribution in [3.63, 3.8) is 0 Å². The third kappa shape index (κ3) is 11.3. The van der Waals surface area contributed by atoms with Crippen LogP contribution in [0.2, 0.25) is 0 Å². The van der Waals surface area contributed by atoms with Crippen molar-refractivity contribution in [3.05, 3.63) is 18.2 Å². The Bertz CT molecular complexity index is 888. The number of carboxylic acids is 1. The van der Waals surface area contributed by atoms with Crippen LogP contribution in [0.15, 0.2) is 12.5 Å². The monoisotopic (exact) mass is 509 g/mol. The molecule has 0 spiro atoms. The molecule has 4 amide bonds. The van der Waals surface area contributed by atoms with Gasteiger partial charge in [0.15, 0.2) is 0 Å². The molecule has 0 aliphatic carbocycles. The third-order valence-corrected chi connectivity index (χ3v) is 5.18. The van der Waals surface area contributed by atoms with Gasteiger partial charge in [-0.05, 0) is 31.6 Å². The first-order chi connectivity index (χ1) is 16.8. The Balaban J connectivity index is 2.71. The molecular formula is C23H39N7O6. The van der Waals surface area contributed by atoms with E-state index < -0.39 is 60.3 Å². The van der Waals surface area contributed by atoms with Crippen molar-refractivity contribution in [3.8, 4) is 0 Å². The van der Waals surface area contributed by atoms with Crippen LogP contribution in [0.25, 0.3) is 0 Å². The molecule has 8 N–H and O–H groups in total. The number of nitrogens with zero attached hydrogens (tertiary/aromatic N) is 1. The number of hydrogen-bond acceptors (Lipinski definition) is 7. The van der Waals surface area contributed by atoms with E-state index in [-0.39, 0.29) is 24.7 Å². The van der Waals surface area contributed by atoms with Gasteiger partial charge in [-0.3, -0.25) is 24.0 Å². The molecule has 0 radical (unpaired) electrons. The lowest BCUT2D eigenvalue weighted by Gasteiger charge is -2.23. The first-order valence-electron chi connectivity index (χ1n) is 11.9. The summed E-state index contributed by atoms with van der Waals surface area (Å²) in [5.41, 5.74) is 6.63. The Morgan fingerprint density at radius 3 is 2.00 bits per heavy atom. The Morgan fingerprint density at radius 2 is 1.50 bits per heavy atom. The van der Waals surface area contributed by atoms with E-state index in [2.05, 4.69) is 31.2 Å². The van der Waals surface area contributed by atoms with E-state index in [1.807, 2.05) is 27.7 Å². The van der Waals surface area contributed by atoms with Crippen molar-refractivity contribution in [2.75, 3.05) is 6.54 Å². The van der Waals surface area contributed by atoms with Crippen molar-refractivity contribution in [2.45, 2.75) is 78.0 Å². The molecule has 0 bridgehead atoms. The number of carboxylic acid groups (broad SMARTS) is 1. The minimum absolute atomic E-state index is 0.0346. The number of imidazole rings is 1. The van der Waals surface area contributed by atoms with Crippen LogP contribution in [0, 0.1) is 11.8 Å². The van der Waals surface area contributed by atoms with Gasteiger partial charge in [-0.15, -0.1) is 0 Å². The van der Waals surface area contributed by atoms with Gasteiger partial charge in [-0.25, -0.2) is 4.98 Å². The van der Waals surface area contributed by atoms with Gasteiger partial charge in [-0.1, -0.05) is 27.7 Å². The Hall–Kier alpha value is -3.48. The van der Waals surface area contributed by atoms with Gasteiger partial charge in [0.1, 0.15) is 18.1 Å². The van der Waals surface area contributed by atoms with E-state index in [0.717, 1.165) is 0 Å². The maximum Gasteiger partial charge on any atom is 0.325 e. The largest absolute Gasteiger partial charge is 0.480 e. The zero-order valence-electron chi connectivity index (χ0n) is 21.5. The van der Waals surface area contributed by atoms with Gasteiger partial charge in [0, 0.05) is 18.3 Å². The van der Waals surface area contributed by atoms with Gasteiger partial charge < -0.3 is 37.1 Å². The fraction of sp³-hybridized carbons (Fsp3) is 0.652. The van der Waals surface area contributed by atoms with Crippen molar-refractivity contribution >= 4 is 29.6 Å². The minimum atomic E-state index is -1.20. The fourth-order valence-electron chi connectivity index (χ4n) is 3.32.